The maximum absolute atomic E-state index is 5.90. The standard InChI is InChI=1S/C10H16ClN3S/c1-2-3-8-13-9(15-14-8)12-7-10(6-11)4-5-10/h2-7H2,1H3,(H,12,13,14). The zero-order valence-corrected chi connectivity index (χ0v) is 10.5. The fraction of sp³-hybridized carbons (Fsp3) is 0.800. The number of hydrogen-bond donors (Lipinski definition) is 1. The maximum Gasteiger partial charge on any atom is 0.202 e. The second kappa shape index (κ2) is 4.66. The number of aromatic nitrogens is 2. The van der Waals surface area contributed by atoms with Crippen molar-refractivity contribution < 1.29 is 0 Å². The highest BCUT2D eigenvalue weighted by Crippen LogP contribution is 2.46. The lowest BCUT2D eigenvalue weighted by molar-refractivity contribution is 0.618. The molecule has 84 valence electrons. The molecule has 5 heteroatoms. The number of rotatable bonds is 6. The van der Waals surface area contributed by atoms with Gasteiger partial charge in [0.15, 0.2) is 0 Å². The molecule has 0 bridgehead atoms. The van der Waals surface area contributed by atoms with Crippen molar-refractivity contribution in [2.45, 2.75) is 32.6 Å². The van der Waals surface area contributed by atoms with Gasteiger partial charge in [0, 0.05) is 35.8 Å². The number of alkyl halides is 1. The van der Waals surface area contributed by atoms with Crippen molar-refractivity contribution in [2.24, 2.45) is 5.41 Å². The lowest BCUT2D eigenvalue weighted by atomic mass is 10.1. The summed E-state index contributed by atoms with van der Waals surface area (Å²) in [5, 5.41) is 4.28. The van der Waals surface area contributed by atoms with Crippen LogP contribution in [0, 0.1) is 5.41 Å². The minimum Gasteiger partial charge on any atom is -0.360 e. The van der Waals surface area contributed by atoms with Crippen LogP contribution in [-0.2, 0) is 6.42 Å². The molecule has 2 rings (SSSR count). The number of nitrogens with zero attached hydrogens (tertiary/aromatic N) is 2. The number of nitrogens with one attached hydrogen (secondary N) is 1. The summed E-state index contributed by atoms with van der Waals surface area (Å²) in [6, 6.07) is 0. The molecule has 1 saturated carbocycles. The fourth-order valence-electron chi connectivity index (χ4n) is 1.45. The van der Waals surface area contributed by atoms with Gasteiger partial charge in [-0.1, -0.05) is 6.92 Å². The summed E-state index contributed by atoms with van der Waals surface area (Å²) in [5.74, 6) is 1.71. The van der Waals surface area contributed by atoms with Crippen molar-refractivity contribution >= 4 is 28.3 Å². The highest BCUT2D eigenvalue weighted by Gasteiger charge is 2.41. The summed E-state index contributed by atoms with van der Waals surface area (Å²) in [5.41, 5.74) is 0.345. The lowest BCUT2D eigenvalue weighted by Gasteiger charge is -2.10. The van der Waals surface area contributed by atoms with Crippen LogP contribution in [0.1, 0.15) is 32.0 Å². The van der Waals surface area contributed by atoms with Crippen LogP contribution < -0.4 is 5.32 Å². The van der Waals surface area contributed by atoms with Crippen molar-refractivity contribution in [1.82, 2.24) is 9.36 Å². The predicted octanol–water partition coefficient (Wildman–Crippen LogP) is 2.92. The molecule has 0 radical (unpaired) electrons. The van der Waals surface area contributed by atoms with E-state index < -0.39 is 0 Å². The van der Waals surface area contributed by atoms with Crippen LogP contribution in [0.2, 0.25) is 0 Å². The molecule has 0 spiro atoms. The van der Waals surface area contributed by atoms with E-state index >= 15 is 0 Å². The molecule has 0 saturated heterocycles. The van der Waals surface area contributed by atoms with Crippen LogP contribution in [0.25, 0.3) is 0 Å². The van der Waals surface area contributed by atoms with E-state index in [0.29, 0.717) is 5.41 Å². The van der Waals surface area contributed by atoms with Gasteiger partial charge in [0.2, 0.25) is 5.13 Å². The van der Waals surface area contributed by atoms with E-state index in [4.69, 9.17) is 11.6 Å². The first-order valence-electron chi connectivity index (χ1n) is 5.40. The van der Waals surface area contributed by atoms with Crippen LogP contribution in [0.5, 0.6) is 0 Å². The molecule has 0 aromatic carbocycles. The Morgan fingerprint density at radius 3 is 2.93 bits per heavy atom. The Bertz CT molecular complexity index is 322. The molecule has 1 heterocycles. The highest BCUT2D eigenvalue weighted by atomic mass is 35.5. The molecule has 0 unspecified atom stereocenters. The number of aryl methyl sites for hydroxylation is 1. The number of anilines is 1. The van der Waals surface area contributed by atoms with Gasteiger partial charge in [0.05, 0.1) is 0 Å². The maximum atomic E-state index is 5.90. The Morgan fingerprint density at radius 2 is 2.33 bits per heavy atom. The number of halogens is 1. The molecule has 1 aliphatic rings. The van der Waals surface area contributed by atoms with Gasteiger partial charge in [0.25, 0.3) is 0 Å². The predicted molar refractivity (Wildman–Crippen MR) is 64.8 cm³/mol. The summed E-state index contributed by atoms with van der Waals surface area (Å²) in [4.78, 5) is 4.42. The third-order valence-corrected chi connectivity index (χ3v) is 4.07. The second-order valence-electron chi connectivity index (χ2n) is 4.25. The van der Waals surface area contributed by atoms with Gasteiger partial charge in [-0.3, -0.25) is 0 Å². The van der Waals surface area contributed by atoms with Crippen LogP contribution in [0.3, 0.4) is 0 Å². The van der Waals surface area contributed by atoms with E-state index in [2.05, 4.69) is 21.6 Å². The molecule has 0 amide bonds. The average Bonchev–Trinajstić information content (AvgIpc) is 2.91. The zero-order valence-electron chi connectivity index (χ0n) is 8.92. The van der Waals surface area contributed by atoms with Crippen molar-refractivity contribution in [3.63, 3.8) is 0 Å². The average molecular weight is 246 g/mol. The molecule has 0 atom stereocenters. The topological polar surface area (TPSA) is 37.8 Å². The number of hydrogen-bond acceptors (Lipinski definition) is 4. The van der Waals surface area contributed by atoms with Gasteiger partial charge in [-0.15, -0.1) is 11.6 Å². The highest BCUT2D eigenvalue weighted by molar-refractivity contribution is 7.09. The summed E-state index contributed by atoms with van der Waals surface area (Å²) < 4.78 is 4.29. The molecule has 1 fully saturated rings. The van der Waals surface area contributed by atoms with Gasteiger partial charge in [-0.05, 0) is 19.3 Å². The molecule has 1 aromatic rings. The van der Waals surface area contributed by atoms with E-state index in [1.807, 2.05) is 0 Å². The van der Waals surface area contributed by atoms with Gasteiger partial charge in [-0.2, -0.15) is 4.37 Å². The van der Waals surface area contributed by atoms with Gasteiger partial charge in [-0.25, -0.2) is 4.98 Å². The molecular weight excluding hydrogens is 230 g/mol. The van der Waals surface area contributed by atoms with E-state index in [1.54, 1.807) is 0 Å². The van der Waals surface area contributed by atoms with Crippen LogP contribution >= 0.6 is 23.1 Å². The monoisotopic (exact) mass is 245 g/mol. The van der Waals surface area contributed by atoms with Crippen molar-refractivity contribution in [3.05, 3.63) is 5.82 Å². The second-order valence-corrected chi connectivity index (χ2v) is 5.27. The minimum absolute atomic E-state index is 0.345. The molecule has 0 aliphatic heterocycles. The SMILES string of the molecule is CCCc1nsc(NCC2(CCl)CC2)n1. The quantitative estimate of drug-likeness (QED) is 0.784. The molecule has 1 N–H and O–H groups in total. The van der Waals surface area contributed by atoms with Gasteiger partial charge >= 0.3 is 0 Å². The summed E-state index contributed by atoms with van der Waals surface area (Å²) in [6.45, 7) is 3.08. The first kappa shape index (κ1) is 11.1. The van der Waals surface area contributed by atoms with E-state index in [1.165, 1.54) is 24.4 Å². The van der Waals surface area contributed by atoms with Crippen LogP contribution in [0.4, 0.5) is 5.13 Å². The first-order valence-corrected chi connectivity index (χ1v) is 6.71. The van der Waals surface area contributed by atoms with E-state index in [-0.39, 0.29) is 0 Å². The summed E-state index contributed by atoms with van der Waals surface area (Å²) in [6.07, 6.45) is 4.55. The van der Waals surface area contributed by atoms with Crippen molar-refractivity contribution in [2.75, 3.05) is 17.7 Å². The van der Waals surface area contributed by atoms with Crippen LogP contribution in [0.15, 0.2) is 0 Å². The van der Waals surface area contributed by atoms with E-state index in [9.17, 15) is 0 Å². The molecule has 1 aliphatic carbocycles. The largest absolute Gasteiger partial charge is 0.360 e. The third-order valence-electron chi connectivity index (χ3n) is 2.80. The van der Waals surface area contributed by atoms with Crippen molar-refractivity contribution in [3.8, 4) is 0 Å². The smallest absolute Gasteiger partial charge is 0.202 e. The van der Waals surface area contributed by atoms with Crippen LogP contribution in [-0.4, -0.2) is 21.8 Å². The summed E-state index contributed by atoms with van der Waals surface area (Å²) >= 11 is 7.36. The van der Waals surface area contributed by atoms with Gasteiger partial charge in [0.1, 0.15) is 5.82 Å². The first-order chi connectivity index (χ1) is 7.28. The van der Waals surface area contributed by atoms with Gasteiger partial charge < -0.3 is 5.32 Å². The molecular formula is C10H16ClN3S. The fourth-order valence-corrected chi connectivity index (χ4v) is 2.42. The summed E-state index contributed by atoms with van der Waals surface area (Å²) in [7, 11) is 0. The normalized spacial score (nSPS) is 17.7. The zero-order chi connectivity index (χ0) is 10.7. The molecule has 1 aromatic heterocycles. The molecule has 15 heavy (non-hydrogen) atoms. The Kier molecular flexibility index (Phi) is 3.46. The Morgan fingerprint density at radius 1 is 1.53 bits per heavy atom. The molecule has 3 nitrogen and oxygen atoms in total. The van der Waals surface area contributed by atoms with E-state index in [0.717, 1.165) is 36.2 Å². The van der Waals surface area contributed by atoms with Crippen molar-refractivity contribution in [1.29, 1.82) is 0 Å². The third kappa shape index (κ3) is 2.82. The Balaban J connectivity index is 1.83. The Hall–Kier alpha value is -0.350. The Labute approximate surface area is 99.4 Å². The lowest BCUT2D eigenvalue weighted by Crippen LogP contribution is -2.16. The minimum atomic E-state index is 0.345.